The Morgan fingerprint density at radius 2 is 1.83 bits per heavy atom. The van der Waals surface area contributed by atoms with E-state index in [0.29, 0.717) is 5.56 Å². The fraction of sp³-hybridized carbons (Fsp3) is 0.385. The second kappa shape index (κ2) is 4.68. The number of aryl methyl sites for hydroxylation is 1. The van der Waals surface area contributed by atoms with Crippen molar-refractivity contribution in [2.45, 2.75) is 26.3 Å². The smallest absolute Gasteiger partial charge is 0.329 e. The third kappa shape index (κ3) is 2.45. The SMILES string of the molecule is Cc1ccc(C(=O)N(C)C(C)(C)C(=O)O)cc1O. The highest BCUT2D eigenvalue weighted by Gasteiger charge is 2.35. The minimum Gasteiger partial charge on any atom is -0.508 e. The number of phenolic OH excluding ortho intramolecular Hbond substituents is 1. The van der Waals surface area contributed by atoms with Crippen molar-refractivity contribution in [2.24, 2.45) is 0 Å². The molecule has 0 fully saturated rings. The Balaban J connectivity index is 3.07. The Kier molecular flexibility index (Phi) is 3.65. The van der Waals surface area contributed by atoms with E-state index in [2.05, 4.69) is 0 Å². The van der Waals surface area contributed by atoms with Crippen molar-refractivity contribution in [1.82, 2.24) is 4.90 Å². The standard InChI is InChI=1S/C13H17NO4/c1-8-5-6-9(7-10(8)15)11(16)14(4)13(2,3)12(17)18/h5-7,15H,1-4H3,(H,17,18). The number of nitrogens with zero attached hydrogens (tertiary/aromatic N) is 1. The van der Waals surface area contributed by atoms with E-state index in [1.807, 2.05) is 0 Å². The number of benzene rings is 1. The summed E-state index contributed by atoms with van der Waals surface area (Å²) in [6.45, 7) is 4.61. The lowest BCUT2D eigenvalue weighted by molar-refractivity contribution is -0.147. The van der Waals surface area contributed by atoms with Crippen LogP contribution in [0.5, 0.6) is 5.75 Å². The van der Waals surface area contributed by atoms with Crippen LogP contribution in [0.3, 0.4) is 0 Å². The van der Waals surface area contributed by atoms with Crippen LogP contribution >= 0.6 is 0 Å². The van der Waals surface area contributed by atoms with Gasteiger partial charge in [0.2, 0.25) is 0 Å². The zero-order chi connectivity index (χ0) is 14.1. The molecular weight excluding hydrogens is 234 g/mol. The summed E-state index contributed by atoms with van der Waals surface area (Å²) >= 11 is 0. The zero-order valence-corrected chi connectivity index (χ0v) is 10.9. The summed E-state index contributed by atoms with van der Waals surface area (Å²) in [6.07, 6.45) is 0. The molecule has 0 aliphatic rings. The molecule has 18 heavy (non-hydrogen) atoms. The topological polar surface area (TPSA) is 77.8 Å². The fourth-order valence-corrected chi connectivity index (χ4v) is 1.33. The maximum atomic E-state index is 12.1. The number of amides is 1. The number of rotatable bonds is 3. The molecule has 1 aromatic carbocycles. The lowest BCUT2D eigenvalue weighted by Crippen LogP contribution is -2.50. The molecule has 1 aromatic rings. The van der Waals surface area contributed by atoms with Crippen LogP contribution in [-0.4, -0.2) is 39.6 Å². The second-order valence-electron chi connectivity index (χ2n) is 4.73. The summed E-state index contributed by atoms with van der Waals surface area (Å²) in [6, 6.07) is 4.52. The summed E-state index contributed by atoms with van der Waals surface area (Å²) < 4.78 is 0. The van der Waals surface area contributed by atoms with E-state index in [-0.39, 0.29) is 11.3 Å². The molecule has 0 aromatic heterocycles. The molecule has 0 saturated heterocycles. The Labute approximate surface area is 106 Å². The molecule has 0 heterocycles. The highest BCUT2D eigenvalue weighted by molar-refractivity contribution is 5.97. The van der Waals surface area contributed by atoms with Crippen LogP contribution in [0.25, 0.3) is 0 Å². The molecule has 98 valence electrons. The van der Waals surface area contributed by atoms with E-state index in [9.17, 15) is 14.7 Å². The third-order valence-corrected chi connectivity index (χ3v) is 3.12. The van der Waals surface area contributed by atoms with Gasteiger partial charge in [0.15, 0.2) is 0 Å². The Morgan fingerprint density at radius 3 is 2.28 bits per heavy atom. The van der Waals surface area contributed by atoms with Crippen molar-refractivity contribution < 1.29 is 19.8 Å². The molecule has 5 nitrogen and oxygen atoms in total. The maximum Gasteiger partial charge on any atom is 0.329 e. The molecule has 0 saturated carbocycles. The Morgan fingerprint density at radius 1 is 1.28 bits per heavy atom. The number of hydrogen-bond donors (Lipinski definition) is 2. The van der Waals surface area contributed by atoms with Crippen molar-refractivity contribution >= 4 is 11.9 Å². The lowest BCUT2D eigenvalue weighted by atomic mass is 10.0. The number of aromatic hydroxyl groups is 1. The summed E-state index contributed by atoms with van der Waals surface area (Å²) in [5, 5.41) is 18.6. The van der Waals surface area contributed by atoms with Gasteiger partial charge in [0.25, 0.3) is 5.91 Å². The molecule has 5 heteroatoms. The first-order valence-corrected chi connectivity index (χ1v) is 5.49. The molecule has 0 bridgehead atoms. The van der Waals surface area contributed by atoms with Gasteiger partial charge in [-0.05, 0) is 38.5 Å². The van der Waals surface area contributed by atoms with Gasteiger partial charge in [-0.15, -0.1) is 0 Å². The first-order valence-electron chi connectivity index (χ1n) is 5.49. The number of carbonyl (C=O) groups is 2. The third-order valence-electron chi connectivity index (χ3n) is 3.12. The van der Waals surface area contributed by atoms with Crippen LogP contribution in [0.4, 0.5) is 0 Å². The maximum absolute atomic E-state index is 12.1. The molecular formula is C13H17NO4. The highest BCUT2D eigenvalue weighted by Crippen LogP contribution is 2.21. The van der Waals surface area contributed by atoms with Crippen LogP contribution in [0.1, 0.15) is 29.8 Å². The fourth-order valence-electron chi connectivity index (χ4n) is 1.33. The van der Waals surface area contributed by atoms with Crippen LogP contribution in [0.15, 0.2) is 18.2 Å². The van der Waals surface area contributed by atoms with Crippen molar-refractivity contribution in [3.63, 3.8) is 0 Å². The molecule has 0 aliphatic carbocycles. The summed E-state index contributed by atoms with van der Waals surface area (Å²) in [4.78, 5) is 24.3. The molecule has 0 unspecified atom stereocenters. The average molecular weight is 251 g/mol. The van der Waals surface area contributed by atoms with E-state index < -0.39 is 17.4 Å². The molecule has 0 atom stereocenters. The number of carbonyl (C=O) groups excluding carboxylic acids is 1. The monoisotopic (exact) mass is 251 g/mol. The van der Waals surface area contributed by atoms with Gasteiger partial charge in [-0.25, -0.2) is 4.79 Å². The van der Waals surface area contributed by atoms with Crippen LogP contribution in [-0.2, 0) is 4.79 Å². The minimum absolute atomic E-state index is 0.0161. The first kappa shape index (κ1) is 14.0. The van der Waals surface area contributed by atoms with E-state index in [0.717, 1.165) is 4.90 Å². The quantitative estimate of drug-likeness (QED) is 0.856. The van der Waals surface area contributed by atoms with Gasteiger partial charge in [0, 0.05) is 12.6 Å². The molecule has 1 amide bonds. The Hall–Kier alpha value is -2.04. The molecule has 0 radical (unpaired) electrons. The van der Waals surface area contributed by atoms with Crippen molar-refractivity contribution in [3.8, 4) is 5.75 Å². The van der Waals surface area contributed by atoms with Gasteiger partial charge in [0.1, 0.15) is 11.3 Å². The van der Waals surface area contributed by atoms with E-state index >= 15 is 0 Å². The first-order chi connectivity index (χ1) is 8.17. The van der Waals surface area contributed by atoms with Gasteiger partial charge < -0.3 is 15.1 Å². The number of aliphatic carboxylic acids is 1. The summed E-state index contributed by atoms with van der Waals surface area (Å²) in [5.74, 6) is -1.52. The molecule has 0 aliphatic heterocycles. The van der Waals surface area contributed by atoms with E-state index in [1.165, 1.54) is 27.0 Å². The van der Waals surface area contributed by atoms with Crippen molar-refractivity contribution in [2.75, 3.05) is 7.05 Å². The number of carboxylic acid groups (broad SMARTS) is 1. The van der Waals surface area contributed by atoms with Gasteiger partial charge in [-0.1, -0.05) is 6.07 Å². The lowest BCUT2D eigenvalue weighted by Gasteiger charge is -2.31. The molecule has 2 N–H and O–H groups in total. The van der Waals surface area contributed by atoms with Crippen molar-refractivity contribution in [1.29, 1.82) is 0 Å². The molecule has 0 spiro atoms. The summed E-state index contributed by atoms with van der Waals surface area (Å²) in [7, 11) is 1.42. The van der Waals surface area contributed by atoms with Crippen LogP contribution in [0, 0.1) is 6.92 Å². The second-order valence-corrected chi connectivity index (χ2v) is 4.73. The Bertz CT molecular complexity index is 494. The minimum atomic E-state index is -1.31. The molecule has 1 rings (SSSR count). The number of phenols is 1. The zero-order valence-electron chi connectivity index (χ0n) is 10.9. The predicted molar refractivity (Wildman–Crippen MR) is 66.7 cm³/mol. The normalized spacial score (nSPS) is 11.1. The van der Waals surface area contributed by atoms with Gasteiger partial charge >= 0.3 is 5.97 Å². The predicted octanol–water partition coefficient (Wildman–Crippen LogP) is 1.64. The van der Waals surface area contributed by atoms with E-state index in [4.69, 9.17) is 5.11 Å². The van der Waals surface area contributed by atoms with Crippen LogP contribution in [0.2, 0.25) is 0 Å². The number of likely N-dealkylation sites (N-methyl/N-ethyl adjacent to an activating group) is 1. The highest BCUT2D eigenvalue weighted by atomic mass is 16.4. The summed E-state index contributed by atoms with van der Waals surface area (Å²) in [5.41, 5.74) is -0.390. The van der Waals surface area contributed by atoms with E-state index in [1.54, 1.807) is 19.1 Å². The largest absolute Gasteiger partial charge is 0.508 e. The van der Waals surface area contributed by atoms with Gasteiger partial charge in [-0.3, -0.25) is 4.79 Å². The number of hydrogen-bond acceptors (Lipinski definition) is 3. The van der Waals surface area contributed by atoms with Crippen molar-refractivity contribution in [3.05, 3.63) is 29.3 Å². The average Bonchev–Trinajstić information content (AvgIpc) is 2.30. The van der Waals surface area contributed by atoms with Gasteiger partial charge in [-0.2, -0.15) is 0 Å². The number of carboxylic acids is 1. The van der Waals surface area contributed by atoms with Crippen LogP contribution < -0.4 is 0 Å². The van der Waals surface area contributed by atoms with Gasteiger partial charge in [0.05, 0.1) is 0 Å².